The molecule has 0 aliphatic rings. The van der Waals surface area contributed by atoms with Crippen molar-refractivity contribution in [2.75, 3.05) is 5.32 Å². The summed E-state index contributed by atoms with van der Waals surface area (Å²) in [5, 5.41) is 3.75. The Labute approximate surface area is 143 Å². The molecule has 0 heterocycles. The number of hydrogen-bond donors (Lipinski definition) is 1. The number of para-hydroxylation sites is 1. The van der Waals surface area contributed by atoms with Gasteiger partial charge in [0.15, 0.2) is 0 Å². The minimum absolute atomic E-state index is 0.0342. The fourth-order valence-electron chi connectivity index (χ4n) is 2.69. The van der Waals surface area contributed by atoms with E-state index in [1.54, 1.807) is 0 Å². The molecule has 0 fully saturated rings. The molecule has 0 saturated carbocycles. The average Bonchev–Trinajstić information content (AvgIpc) is 2.49. The van der Waals surface area contributed by atoms with Crippen molar-refractivity contribution in [3.8, 4) is 0 Å². The lowest BCUT2D eigenvalue weighted by Crippen LogP contribution is -2.18. The SMILES string of the molecule is CC(C)c1cccc(C(C)C)c1NC(=O)Cc1ccccc1Cl. The molecule has 23 heavy (non-hydrogen) atoms. The van der Waals surface area contributed by atoms with Crippen LogP contribution in [0.5, 0.6) is 0 Å². The molecule has 0 radical (unpaired) electrons. The van der Waals surface area contributed by atoms with Crippen molar-refractivity contribution in [3.63, 3.8) is 0 Å². The van der Waals surface area contributed by atoms with Crippen molar-refractivity contribution < 1.29 is 4.79 Å². The van der Waals surface area contributed by atoms with Crippen molar-refractivity contribution in [3.05, 3.63) is 64.2 Å². The van der Waals surface area contributed by atoms with Gasteiger partial charge in [0.05, 0.1) is 6.42 Å². The summed E-state index contributed by atoms with van der Waals surface area (Å²) in [7, 11) is 0. The fraction of sp³-hybridized carbons (Fsp3) is 0.350. The van der Waals surface area contributed by atoms with Gasteiger partial charge in [0.2, 0.25) is 5.91 Å². The summed E-state index contributed by atoms with van der Waals surface area (Å²) in [6.45, 7) is 8.57. The van der Waals surface area contributed by atoms with Crippen LogP contribution in [0.4, 0.5) is 5.69 Å². The van der Waals surface area contributed by atoms with Crippen LogP contribution in [0.3, 0.4) is 0 Å². The highest BCUT2D eigenvalue weighted by molar-refractivity contribution is 6.31. The van der Waals surface area contributed by atoms with E-state index in [4.69, 9.17) is 11.6 Å². The largest absolute Gasteiger partial charge is 0.325 e. The number of carbonyl (C=O) groups excluding carboxylic acids is 1. The Balaban J connectivity index is 2.28. The van der Waals surface area contributed by atoms with Gasteiger partial charge in [-0.1, -0.05) is 75.7 Å². The van der Waals surface area contributed by atoms with E-state index >= 15 is 0 Å². The second kappa shape index (κ2) is 7.65. The maximum atomic E-state index is 12.5. The van der Waals surface area contributed by atoms with Crippen molar-refractivity contribution >= 4 is 23.2 Å². The molecule has 122 valence electrons. The number of amides is 1. The Morgan fingerprint density at radius 3 is 2.04 bits per heavy atom. The molecule has 2 nitrogen and oxygen atoms in total. The van der Waals surface area contributed by atoms with Gasteiger partial charge in [-0.25, -0.2) is 0 Å². The van der Waals surface area contributed by atoms with E-state index in [0.29, 0.717) is 16.9 Å². The third-order valence-electron chi connectivity index (χ3n) is 3.95. The Kier molecular flexibility index (Phi) is 5.84. The molecule has 2 aromatic rings. The van der Waals surface area contributed by atoms with Crippen LogP contribution in [0.1, 0.15) is 56.2 Å². The van der Waals surface area contributed by atoms with Crippen LogP contribution in [-0.2, 0) is 11.2 Å². The topological polar surface area (TPSA) is 29.1 Å². The smallest absolute Gasteiger partial charge is 0.228 e. The number of nitrogens with one attached hydrogen (secondary N) is 1. The second-order valence-corrected chi connectivity index (χ2v) is 6.84. The van der Waals surface area contributed by atoms with E-state index in [1.807, 2.05) is 24.3 Å². The Morgan fingerprint density at radius 1 is 0.957 bits per heavy atom. The van der Waals surface area contributed by atoms with Crippen molar-refractivity contribution in [2.24, 2.45) is 0 Å². The van der Waals surface area contributed by atoms with Crippen LogP contribution >= 0.6 is 11.6 Å². The predicted octanol–water partition coefficient (Wildman–Crippen LogP) is 5.77. The van der Waals surface area contributed by atoms with E-state index < -0.39 is 0 Å². The van der Waals surface area contributed by atoms with Gasteiger partial charge in [0.1, 0.15) is 0 Å². The van der Waals surface area contributed by atoms with Crippen LogP contribution in [0.15, 0.2) is 42.5 Å². The monoisotopic (exact) mass is 329 g/mol. The maximum absolute atomic E-state index is 12.5. The van der Waals surface area contributed by atoms with E-state index in [1.165, 1.54) is 11.1 Å². The molecule has 3 heteroatoms. The lowest BCUT2D eigenvalue weighted by Gasteiger charge is -2.20. The van der Waals surface area contributed by atoms with E-state index in [2.05, 4.69) is 51.2 Å². The highest BCUT2D eigenvalue weighted by atomic mass is 35.5. The van der Waals surface area contributed by atoms with Gasteiger partial charge in [0.25, 0.3) is 0 Å². The highest BCUT2D eigenvalue weighted by Gasteiger charge is 2.16. The molecule has 0 bridgehead atoms. The number of anilines is 1. The first kappa shape index (κ1) is 17.6. The molecule has 2 aromatic carbocycles. The number of benzene rings is 2. The molecule has 1 amide bonds. The quantitative estimate of drug-likeness (QED) is 0.741. The zero-order valence-corrected chi connectivity index (χ0v) is 14.9. The number of carbonyl (C=O) groups is 1. The van der Waals surface area contributed by atoms with Crippen molar-refractivity contribution in [1.82, 2.24) is 0 Å². The minimum Gasteiger partial charge on any atom is -0.325 e. The lowest BCUT2D eigenvalue weighted by molar-refractivity contribution is -0.115. The number of halogens is 1. The summed E-state index contributed by atoms with van der Waals surface area (Å²) in [5.41, 5.74) is 4.14. The van der Waals surface area contributed by atoms with Gasteiger partial charge in [-0.3, -0.25) is 4.79 Å². The Morgan fingerprint density at radius 2 is 1.52 bits per heavy atom. The Bertz CT molecular complexity index is 666. The van der Waals surface area contributed by atoms with Crippen LogP contribution in [0.2, 0.25) is 5.02 Å². The standard InChI is InChI=1S/C20H24ClNO/c1-13(2)16-9-7-10-17(14(3)4)20(16)22-19(23)12-15-8-5-6-11-18(15)21/h5-11,13-14H,12H2,1-4H3,(H,22,23). The van der Waals surface area contributed by atoms with Crippen LogP contribution in [0.25, 0.3) is 0 Å². The molecule has 0 aliphatic carbocycles. The summed E-state index contributed by atoms with van der Waals surface area (Å²) in [5.74, 6) is 0.668. The van der Waals surface area contributed by atoms with Gasteiger partial charge < -0.3 is 5.32 Å². The summed E-state index contributed by atoms with van der Waals surface area (Å²) < 4.78 is 0. The van der Waals surface area contributed by atoms with Crippen LogP contribution in [-0.4, -0.2) is 5.91 Å². The zero-order chi connectivity index (χ0) is 17.0. The summed E-state index contributed by atoms with van der Waals surface area (Å²) in [6.07, 6.45) is 0.281. The summed E-state index contributed by atoms with van der Waals surface area (Å²) in [4.78, 5) is 12.5. The van der Waals surface area contributed by atoms with Crippen LogP contribution in [0, 0.1) is 0 Å². The van der Waals surface area contributed by atoms with E-state index in [-0.39, 0.29) is 12.3 Å². The molecule has 2 rings (SSSR count). The normalized spacial score (nSPS) is 11.1. The molecule has 0 unspecified atom stereocenters. The van der Waals surface area contributed by atoms with Crippen LogP contribution < -0.4 is 5.32 Å². The number of hydrogen-bond acceptors (Lipinski definition) is 1. The first-order chi connectivity index (χ1) is 10.9. The van der Waals surface area contributed by atoms with Gasteiger partial charge in [-0.15, -0.1) is 0 Å². The highest BCUT2D eigenvalue weighted by Crippen LogP contribution is 2.32. The second-order valence-electron chi connectivity index (χ2n) is 6.44. The van der Waals surface area contributed by atoms with Gasteiger partial charge in [0, 0.05) is 10.7 Å². The predicted molar refractivity (Wildman–Crippen MR) is 98.4 cm³/mol. The van der Waals surface area contributed by atoms with Gasteiger partial charge in [-0.05, 0) is 34.6 Å². The first-order valence-electron chi connectivity index (χ1n) is 8.06. The minimum atomic E-state index is -0.0342. The lowest BCUT2D eigenvalue weighted by atomic mass is 9.92. The summed E-state index contributed by atoms with van der Waals surface area (Å²) >= 11 is 6.15. The molecule has 0 saturated heterocycles. The average molecular weight is 330 g/mol. The molecule has 0 aliphatic heterocycles. The third kappa shape index (κ3) is 4.35. The Hall–Kier alpha value is -1.80. The maximum Gasteiger partial charge on any atom is 0.228 e. The van der Waals surface area contributed by atoms with E-state index in [0.717, 1.165) is 11.3 Å². The molecule has 0 atom stereocenters. The van der Waals surface area contributed by atoms with Crippen molar-refractivity contribution in [2.45, 2.75) is 46.0 Å². The molecule has 1 N–H and O–H groups in total. The first-order valence-corrected chi connectivity index (χ1v) is 8.44. The molecule has 0 spiro atoms. The number of rotatable bonds is 5. The third-order valence-corrected chi connectivity index (χ3v) is 4.31. The zero-order valence-electron chi connectivity index (χ0n) is 14.2. The molecule has 0 aromatic heterocycles. The van der Waals surface area contributed by atoms with Gasteiger partial charge >= 0.3 is 0 Å². The molecular formula is C20H24ClNO. The fourth-order valence-corrected chi connectivity index (χ4v) is 2.90. The van der Waals surface area contributed by atoms with Gasteiger partial charge in [-0.2, -0.15) is 0 Å². The summed E-state index contributed by atoms with van der Waals surface area (Å²) in [6, 6.07) is 13.7. The molecular weight excluding hydrogens is 306 g/mol. The van der Waals surface area contributed by atoms with Crippen molar-refractivity contribution in [1.29, 1.82) is 0 Å². The van der Waals surface area contributed by atoms with E-state index in [9.17, 15) is 4.79 Å².